The van der Waals surface area contributed by atoms with Gasteiger partial charge in [0.15, 0.2) is 0 Å². The lowest BCUT2D eigenvalue weighted by Crippen LogP contribution is -2.20. The Bertz CT molecular complexity index is 773. The number of H-pyrrole nitrogens is 1. The van der Waals surface area contributed by atoms with Crippen molar-refractivity contribution in [3.8, 4) is 0 Å². The molecule has 21 heavy (non-hydrogen) atoms. The maximum atomic E-state index is 11.9. The molecule has 1 aromatic heterocycles. The highest BCUT2D eigenvalue weighted by molar-refractivity contribution is 5.81. The minimum absolute atomic E-state index is 0.154. The first-order valence-electron chi connectivity index (χ1n) is 6.79. The van der Waals surface area contributed by atoms with Gasteiger partial charge in [-0.05, 0) is 31.5 Å². The lowest BCUT2D eigenvalue weighted by Gasteiger charge is -2.13. The number of hydrogen-bond donors (Lipinski definition) is 2. The molecule has 0 radical (unpaired) electrons. The van der Waals surface area contributed by atoms with Gasteiger partial charge in [-0.25, -0.2) is 4.98 Å². The monoisotopic (exact) mass is 286 g/mol. The van der Waals surface area contributed by atoms with E-state index >= 15 is 0 Å². The van der Waals surface area contributed by atoms with E-state index < -0.39 is 11.4 Å². The van der Waals surface area contributed by atoms with Gasteiger partial charge in [0, 0.05) is 6.42 Å². The molecule has 2 N–H and O–H groups in total. The Morgan fingerprint density at radius 3 is 2.76 bits per heavy atom. The number of fused-ring (bicyclic) bond motifs is 1. The molecule has 0 spiro atoms. The predicted molar refractivity (Wildman–Crippen MR) is 82.2 cm³/mol. The molecule has 0 saturated heterocycles. The smallest absolute Gasteiger partial charge is 0.312 e. The number of aliphatic carboxylic acids is 1. The van der Waals surface area contributed by atoms with Crippen LogP contribution in [0, 0.1) is 5.41 Å². The summed E-state index contributed by atoms with van der Waals surface area (Å²) in [5.41, 5.74) is 0.339. The third-order valence-electron chi connectivity index (χ3n) is 3.36. The largest absolute Gasteiger partial charge is 0.481 e. The maximum absolute atomic E-state index is 11.9. The van der Waals surface area contributed by atoms with Crippen LogP contribution < -0.4 is 5.56 Å². The fourth-order valence-electron chi connectivity index (χ4n) is 1.85. The molecular formula is C16H18N2O3. The zero-order chi connectivity index (χ0) is 15.6. The first kappa shape index (κ1) is 15.0. The van der Waals surface area contributed by atoms with E-state index in [2.05, 4.69) is 9.97 Å². The number of nitrogens with zero attached hydrogens (tertiary/aromatic N) is 1. The van der Waals surface area contributed by atoms with Gasteiger partial charge in [0.25, 0.3) is 5.56 Å². The molecule has 0 saturated carbocycles. The Morgan fingerprint density at radius 1 is 1.43 bits per heavy atom. The van der Waals surface area contributed by atoms with Crippen LogP contribution in [0.25, 0.3) is 17.0 Å². The van der Waals surface area contributed by atoms with Crippen molar-refractivity contribution in [1.29, 1.82) is 0 Å². The number of aromatic amines is 1. The Hall–Kier alpha value is -2.43. The van der Waals surface area contributed by atoms with E-state index in [4.69, 9.17) is 5.11 Å². The molecule has 0 aliphatic rings. The second-order valence-corrected chi connectivity index (χ2v) is 5.50. The van der Waals surface area contributed by atoms with Crippen molar-refractivity contribution in [3.63, 3.8) is 0 Å². The van der Waals surface area contributed by atoms with Crippen LogP contribution in [0.3, 0.4) is 0 Å². The van der Waals surface area contributed by atoms with E-state index in [1.165, 1.54) is 0 Å². The van der Waals surface area contributed by atoms with E-state index in [9.17, 15) is 9.59 Å². The van der Waals surface area contributed by atoms with Crippen LogP contribution >= 0.6 is 0 Å². The Labute approximate surface area is 122 Å². The van der Waals surface area contributed by atoms with Crippen molar-refractivity contribution < 1.29 is 9.90 Å². The SMILES string of the molecule is CCc1nc2cc(/C=C/C(C)(C)C(=O)O)ccc2c(=O)[nH]1. The van der Waals surface area contributed by atoms with Gasteiger partial charge in [-0.2, -0.15) is 0 Å². The number of nitrogens with one attached hydrogen (secondary N) is 1. The summed E-state index contributed by atoms with van der Waals surface area (Å²) in [4.78, 5) is 30.1. The van der Waals surface area contributed by atoms with Crippen molar-refractivity contribution in [3.05, 3.63) is 46.0 Å². The van der Waals surface area contributed by atoms with Gasteiger partial charge in [0.05, 0.1) is 16.3 Å². The molecule has 0 bridgehead atoms. The average molecular weight is 286 g/mol. The van der Waals surface area contributed by atoms with Gasteiger partial charge in [0.2, 0.25) is 0 Å². The molecule has 2 rings (SSSR count). The second-order valence-electron chi connectivity index (χ2n) is 5.50. The van der Waals surface area contributed by atoms with Gasteiger partial charge < -0.3 is 10.1 Å². The summed E-state index contributed by atoms with van der Waals surface area (Å²) in [5, 5.41) is 9.62. The molecule has 1 heterocycles. The first-order valence-corrected chi connectivity index (χ1v) is 6.79. The number of carboxylic acids is 1. The highest BCUT2D eigenvalue weighted by Crippen LogP contribution is 2.20. The highest BCUT2D eigenvalue weighted by Gasteiger charge is 2.23. The van der Waals surface area contributed by atoms with Crippen molar-refractivity contribution in [2.24, 2.45) is 5.41 Å². The molecule has 0 aliphatic carbocycles. The van der Waals surface area contributed by atoms with Crippen LogP contribution in [-0.4, -0.2) is 21.0 Å². The quantitative estimate of drug-likeness (QED) is 0.905. The number of aromatic nitrogens is 2. The number of rotatable bonds is 4. The molecular weight excluding hydrogens is 268 g/mol. The fourth-order valence-corrected chi connectivity index (χ4v) is 1.85. The third kappa shape index (κ3) is 3.18. The van der Waals surface area contributed by atoms with Crippen molar-refractivity contribution >= 4 is 22.9 Å². The number of carboxylic acid groups (broad SMARTS) is 1. The summed E-state index contributed by atoms with van der Waals surface area (Å²) in [7, 11) is 0. The minimum Gasteiger partial charge on any atom is -0.481 e. The van der Waals surface area contributed by atoms with Gasteiger partial charge in [-0.1, -0.05) is 25.1 Å². The normalized spacial score (nSPS) is 12.1. The number of aryl methyl sites for hydroxylation is 1. The van der Waals surface area contributed by atoms with Crippen LogP contribution in [0.1, 0.15) is 32.2 Å². The van der Waals surface area contributed by atoms with Crippen LogP contribution in [0.5, 0.6) is 0 Å². The molecule has 0 unspecified atom stereocenters. The number of carbonyl (C=O) groups is 1. The van der Waals surface area contributed by atoms with E-state index in [1.54, 1.807) is 44.2 Å². The Morgan fingerprint density at radius 2 is 2.14 bits per heavy atom. The third-order valence-corrected chi connectivity index (χ3v) is 3.36. The van der Waals surface area contributed by atoms with Gasteiger partial charge in [-0.3, -0.25) is 9.59 Å². The standard InChI is InChI=1S/C16H18N2O3/c1-4-13-17-12-9-10(5-6-11(12)14(19)18-13)7-8-16(2,3)15(20)21/h5-9H,4H2,1-3H3,(H,20,21)(H,17,18,19)/b8-7+. The van der Waals surface area contributed by atoms with E-state index in [0.717, 1.165) is 5.56 Å². The number of benzene rings is 1. The summed E-state index contributed by atoms with van der Waals surface area (Å²) in [6.07, 6.45) is 4.02. The van der Waals surface area contributed by atoms with Crippen molar-refractivity contribution in [2.75, 3.05) is 0 Å². The van der Waals surface area contributed by atoms with Crippen LogP contribution in [-0.2, 0) is 11.2 Å². The van der Waals surface area contributed by atoms with Crippen LogP contribution in [0.2, 0.25) is 0 Å². The zero-order valence-corrected chi connectivity index (χ0v) is 12.3. The van der Waals surface area contributed by atoms with Gasteiger partial charge >= 0.3 is 5.97 Å². The number of hydrogen-bond acceptors (Lipinski definition) is 3. The first-order chi connectivity index (χ1) is 9.83. The lowest BCUT2D eigenvalue weighted by atomic mass is 9.92. The van der Waals surface area contributed by atoms with Gasteiger partial charge in [-0.15, -0.1) is 0 Å². The average Bonchev–Trinajstić information content (AvgIpc) is 2.44. The van der Waals surface area contributed by atoms with Gasteiger partial charge in [0.1, 0.15) is 5.82 Å². The van der Waals surface area contributed by atoms with Crippen LogP contribution in [0.4, 0.5) is 0 Å². The topological polar surface area (TPSA) is 83.0 Å². The fraction of sp³-hybridized carbons (Fsp3) is 0.312. The molecule has 2 aromatic rings. The minimum atomic E-state index is -0.939. The van der Waals surface area contributed by atoms with Crippen molar-refractivity contribution in [1.82, 2.24) is 9.97 Å². The summed E-state index contributed by atoms with van der Waals surface area (Å²) >= 11 is 0. The molecule has 5 heteroatoms. The summed E-state index contributed by atoms with van der Waals surface area (Å²) in [6, 6.07) is 5.27. The van der Waals surface area contributed by atoms with E-state index in [-0.39, 0.29) is 5.56 Å². The summed E-state index contributed by atoms with van der Waals surface area (Å²) < 4.78 is 0. The van der Waals surface area contributed by atoms with E-state index in [1.807, 2.05) is 6.92 Å². The van der Waals surface area contributed by atoms with Crippen molar-refractivity contribution in [2.45, 2.75) is 27.2 Å². The maximum Gasteiger partial charge on any atom is 0.312 e. The van der Waals surface area contributed by atoms with E-state index in [0.29, 0.717) is 23.1 Å². The van der Waals surface area contributed by atoms with Crippen LogP contribution in [0.15, 0.2) is 29.1 Å². The molecule has 0 fully saturated rings. The zero-order valence-electron chi connectivity index (χ0n) is 12.3. The Balaban J connectivity index is 2.46. The lowest BCUT2D eigenvalue weighted by molar-refractivity contribution is -0.144. The highest BCUT2D eigenvalue weighted by atomic mass is 16.4. The molecule has 0 amide bonds. The molecule has 1 aromatic carbocycles. The summed E-state index contributed by atoms with van der Waals surface area (Å²) in [6.45, 7) is 5.18. The molecule has 5 nitrogen and oxygen atoms in total. The summed E-state index contributed by atoms with van der Waals surface area (Å²) in [5.74, 6) is -0.248. The molecule has 0 aliphatic heterocycles. The molecule has 110 valence electrons. The predicted octanol–water partition coefficient (Wildman–Crippen LogP) is 2.61. The second kappa shape index (κ2) is 5.52. The molecule has 0 atom stereocenters. The Kier molecular flexibility index (Phi) is 3.93.